The Hall–Kier alpha value is -6.12. The van der Waals surface area contributed by atoms with Crippen LogP contribution in [0.1, 0.15) is 33.8 Å². The van der Waals surface area contributed by atoms with Crippen LogP contribution in [-0.2, 0) is 59.8 Å². The highest BCUT2D eigenvalue weighted by Gasteiger charge is 2.30. The number of benzene rings is 2. The van der Waals surface area contributed by atoms with Crippen LogP contribution in [-0.4, -0.2) is 100.0 Å². The number of hydrogen-bond donors (Lipinski definition) is 2. The molecule has 2 N–H and O–H groups in total. The topological polar surface area (TPSA) is 167 Å². The number of amides is 3. The Morgan fingerprint density at radius 2 is 1.69 bits per heavy atom. The molecule has 3 amide bonds. The molecular formula is C36H37N11O4. The van der Waals surface area contributed by atoms with E-state index in [4.69, 9.17) is 9.84 Å². The molecule has 5 heterocycles. The molecule has 15 heteroatoms. The van der Waals surface area contributed by atoms with Crippen molar-refractivity contribution in [2.75, 3.05) is 31.5 Å². The van der Waals surface area contributed by atoms with Crippen LogP contribution in [0, 0.1) is 0 Å². The molecule has 1 aliphatic carbocycles. The first-order valence-electron chi connectivity index (χ1n) is 17.1. The summed E-state index contributed by atoms with van der Waals surface area (Å²) in [6.45, 7) is 1.80. The zero-order valence-electron chi connectivity index (χ0n) is 27.9. The minimum Gasteiger partial charge on any atom is -0.445 e. The molecule has 0 saturated carbocycles. The number of H-pyrrole nitrogens is 1. The number of ether oxygens (including phenoxy) is 1. The third kappa shape index (κ3) is 7.13. The van der Waals surface area contributed by atoms with Crippen molar-refractivity contribution >= 4 is 23.9 Å². The Kier molecular flexibility index (Phi) is 8.82. The van der Waals surface area contributed by atoms with E-state index in [1.54, 1.807) is 33.1 Å². The van der Waals surface area contributed by atoms with E-state index >= 15 is 0 Å². The Morgan fingerprint density at radius 1 is 0.922 bits per heavy atom. The minimum atomic E-state index is -0.530. The summed E-state index contributed by atoms with van der Waals surface area (Å²) in [5.41, 5.74) is 7.30. The van der Waals surface area contributed by atoms with Crippen molar-refractivity contribution in [2.45, 2.75) is 51.5 Å². The predicted molar refractivity (Wildman–Crippen MR) is 184 cm³/mol. The first-order chi connectivity index (χ1) is 24.9. The van der Waals surface area contributed by atoms with E-state index in [9.17, 15) is 14.4 Å². The van der Waals surface area contributed by atoms with Gasteiger partial charge in [0, 0.05) is 61.8 Å². The van der Waals surface area contributed by atoms with Crippen molar-refractivity contribution in [3.8, 4) is 11.1 Å². The zero-order chi connectivity index (χ0) is 34.7. The van der Waals surface area contributed by atoms with Crippen molar-refractivity contribution in [1.82, 2.24) is 49.9 Å². The van der Waals surface area contributed by atoms with Gasteiger partial charge in [0.25, 0.3) is 0 Å². The number of aromatic nitrogens is 7. The number of anilines is 1. The number of aromatic amines is 1. The second kappa shape index (κ2) is 14.0. The van der Waals surface area contributed by atoms with Gasteiger partial charge in [0.2, 0.25) is 17.8 Å². The van der Waals surface area contributed by atoms with Gasteiger partial charge in [0.05, 0.1) is 24.5 Å². The fourth-order valence-electron chi connectivity index (χ4n) is 6.86. The van der Waals surface area contributed by atoms with E-state index in [0.717, 1.165) is 35.4 Å². The lowest BCUT2D eigenvalue weighted by molar-refractivity contribution is -0.136. The summed E-state index contributed by atoms with van der Waals surface area (Å²) in [6, 6.07) is 18.1. The van der Waals surface area contributed by atoms with Crippen molar-refractivity contribution in [3.05, 3.63) is 107 Å². The van der Waals surface area contributed by atoms with Crippen molar-refractivity contribution in [2.24, 2.45) is 0 Å². The minimum absolute atomic E-state index is 0.0118. The van der Waals surface area contributed by atoms with Crippen molar-refractivity contribution in [3.63, 3.8) is 0 Å². The number of carbonyl (C=O) groups is 3. The fourth-order valence-corrected chi connectivity index (χ4v) is 6.86. The summed E-state index contributed by atoms with van der Waals surface area (Å²) in [6.07, 6.45) is 7.23. The summed E-state index contributed by atoms with van der Waals surface area (Å²) in [7, 11) is 0. The predicted octanol–water partition coefficient (Wildman–Crippen LogP) is 2.60. The Labute approximate surface area is 293 Å². The largest absolute Gasteiger partial charge is 0.445 e. The van der Waals surface area contributed by atoms with Crippen LogP contribution in [0.25, 0.3) is 11.1 Å². The van der Waals surface area contributed by atoms with Crippen LogP contribution in [0.15, 0.2) is 73.2 Å². The lowest BCUT2D eigenvalue weighted by Gasteiger charge is -2.33. The summed E-state index contributed by atoms with van der Waals surface area (Å²) in [5, 5.41) is 19.1. The number of nitrogens with zero attached hydrogens (tertiary/aromatic N) is 9. The smallest absolute Gasteiger partial charge is 0.410 e. The van der Waals surface area contributed by atoms with Gasteiger partial charge in [-0.2, -0.15) is 5.10 Å². The molecular weight excluding hydrogens is 650 g/mol. The molecule has 1 fully saturated rings. The van der Waals surface area contributed by atoms with Gasteiger partial charge in [-0.05, 0) is 29.5 Å². The molecule has 0 radical (unpaired) electrons. The molecule has 2 aromatic carbocycles. The van der Waals surface area contributed by atoms with Crippen LogP contribution in [0.3, 0.4) is 0 Å². The molecule has 260 valence electrons. The van der Waals surface area contributed by atoms with E-state index in [1.165, 1.54) is 16.0 Å². The van der Waals surface area contributed by atoms with Crippen LogP contribution in [0.2, 0.25) is 0 Å². The van der Waals surface area contributed by atoms with E-state index in [0.29, 0.717) is 49.8 Å². The average Bonchev–Trinajstić information content (AvgIpc) is 3.90. The maximum absolute atomic E-state index is 13.4. The first kappa shape index (κ1) is 32.1. The fraction of sp³-hybridized carbons (Fsp3) is 0.333. The summed E-state index contributed by atoms with van der Waals surface area (Å²) in [4.78, 5) is 53.6. The second-order valence-corrected chi connectivity index (χ2v) is 13.1. The maximum atomic E-state index is 13.4. The lowest BCUT2D eigenvalue weighted by atomic mass is 10.1. The Balaban J connectivity index is 0.962. The lowest BCUT2D eigenvalue weighted by Crippen LogP contribution is -2.52. The van der Waals surface area contributed by atoms with Gasteiger partial charge < -0.3 is 19.9 Å². The van der Waals surface area contributed by atoms with Gasteiger partial charge in [-0.3, -0.25) is 24.3 Å². The molecule has 1 saturated heterocycles. The molecule has 3 aromatic heterocycles. The zero-order valence-corrected chi connectivity index (χ0v) is 27.9. The highest BCUT2D eigenvalue weighted by atomic mass is 16.6. The normalized spacial score (nSPS) is 15.8. The molecule has 51 heavy (non-hydrogen) atoms. The number of hydrogen-bond acceptors (Lipinski definition) is 10. The Bertz CT molecular complexity index is 2020. The molecule has 3 aliphatic rings. The second-order valence-electron chi connectivity index (χ2n) is 13.1. The van der Waals surface area contributed by atoms with E-state index in [2.05, 4.69) is 55.0 Å². The molecule has 8 rings (SSSR count). The van der Waals surface area contributed by atoms with Crippen LogP contribution < -0.4 is 5.32 Å². The van der Waals surface area contributed by atoms with Gasteiger partial charge in [-0.1, -0.05) is 59.8 Å². The SMILES string of the molecule is O=C1CN(C(=O)OCc2ccccc2)CCN1Cc1nn(CC(=O)N2CCc3[nH]nnc3C2)cc1-c1cnc(NC2Cc3ccccc3C2)nc1. The third-order valence-corrected chi connectivity index (χ3v) is 9.63. The summed E-state index contributed by atoms with van der Waals surface area (Å²) >= 11 is 0. The standard InChI is InChI=1S/C36H37N11O4/c48-33-21-46(36(50)51-23-24-6-2-1-3-7-24)13-12-45(33)19-31-29(18-47(42-31)22-34(49)44-11-10-30-32(20-44)41-43-40-30)27-16-37-35(38-17-27)39-28-14-25-8-4-5-9-26(25)15-28/h1-9,16-18,28H,10-15,19-23H2,(H,37,38,39)(H,40,41,43). The maximum Gasteiger partial charge on any atom is 0.410 e. The van der Waals surface area contributed by atoms with Gasteiger partial charge in [-0.15, -0.1) is 5.10 Å². The number of carbonyl (C=O) groups excluding carboxylic acids is 3. The van der Waals surface area contributed by atoms with Gasteiger partial charge in [0.15, 0.2) is 0 Å². The van der Waals surface area contributed by atoms with E-state index in [-0.39, 0.29) is 44.1 Å². The highest BCUT2D eigenvalue weighted by Crippen LogP contribution is 2.27. The molecule has 0 bridgehead atoms. The van der Waals surface area contributed by atoms with Gasteiger partial charge in [-0.25, -0.2) is 14.8 Å². The molecule has 5 aromatic rings. The van der Waals surface area contributed by atoms with Gasteiger partial charge in [0.1, 0.15) is 25.4 Å². The summed E-state index contributed by atoms with van der Waals surface area (Å²) < 4.78 is 7.06. The van der Waals surface area contributed by atoms with Crippen molar-refractivity contribution < 1.29 is 19.1 Å². The van der Waals surface area contributed by atoms with Crippen LogP contribution in [0.5, 0.6) is 0 Å². The Morgan fingerprint density at radius 3 is 2.45 bits per heavy atom. The number of nitrogens with one attached hydrogen (secondary N) is 2. The van der Waals surface area contributed by atoms with Crippen molar-refractivity contribution in [1.29, 1.82) is 0 Å². The molecule has 0 unspecified atom stereocenters. The average molecular weight is 688 g/mol. The van der Waals surface area contributed by atoms with Gasteiger partial charge >= 0.3 is 6.09 Å². The van der Waals surface area contributed by atoms with Crippen LogP contribution in [0.4, 0.5) is 10.7 Å². The molecule has 0 spiro atoms. The quantitative estimate of drug-likeness (QED) is 0.235. The number of fused-ring (bicyclic) bond motifs is 2. The number of rotatable bonds is 9. The molecule has 0 atom stereocenters. The monoisotopic (exact) mass is 687 g/mol. The molecule has 2 aliphatic heterocycles. The van der Waals surface area contributed by atoms with E-state index < -0.39 is 6.09 Å². The molecule has 15 nitrogen and oxygen atoms in total. The van der Waals surface area contributed by atoms with Crippen LogP contribution >= 0.6 is 0 Å². The summed E-state index contributed by atoms with van der Waals surface area (Å²) in [5.74, 6) is 0.208. The first-order valence-corrected chi connectivity index (χ1v) is 17.1. The third-order valence-electron chi connectivity index (χ3n) is 9.63. The van der Waals surface area contributed by atoms with E-state index in [1.807, 2.05) is 30.3 Å². The number of piperazine rings is 1. The highest BCUT2D eigenvalue weighted by molar-refractivity contribution is 5.84.